The molecule has 0 saturated heterocycles. The van der Waals surface area contributed by atoms with Gasteiger partial charge in [0.05, 0.1) is 34.1 Å². The van der Waals surface area contributed by atoms with E-state index in [9.17, 15) is 62.3 Å². The Morgan fingerprint density at radius 3 is 1.75 bits per heavy atom. The number of unbranched alkanes of at least 4 members (excludes halogenated alkanes) is 1. The molecule has 0 saturated carbocycles. The number of anilines is 1. The molecule has 0 bridgehead atoms. The van der Waals surface area contributed by atoms with Gasteiger partial charge < -0.3 is 36.3 Å². The fraction of sp³-hybridized carbons (Fsp3) is 0.357. The lowest BCUT2D eigenvalue weighted by Gasteiger charge is -2.10. The topological polar surface area (TPSA) is 256 Å². The van der Waals surface area contributed by atoms with Crippen LogP contribution in [0.25, 0.3) is 11.3 Å². The minimum absolute atomic E-state index is 0.0173. The van der Waals surface area contributed by atoms with Crippen molar-refractivity contribution in [3.05, 3.63) is 52.7 Å². The Labute approximate surface area is 314 Å². The number of benzene rings is 1. The van der Waals surface area contributed by atoms with E-state index in [-0.39, 0.29) is 45.8 Å². The Balaban J connectivity index is 0.00000121. The number of aromatic nitrogens is 4. The van der Waals surface area contributed by atoms with Gasteiger partial charge >= 0.3 is 42.6 Å². The number of nitrogens with two attached hydrogens (primary N) is 1. The van der Waals surface area contributed by atoms with Crippen LogP contribution < -0.4 is 16.4 Å². The highest BCUT2D eigenvalue weighted by molar-refractivity contribution is 6.34. The van der Waals surface area contributed by atoms with E-state index >= 15 is 0 Å². The van der Waals surface area contributed by atoms with Gasteiger partial charge in [0.1, 0.15) is 6.54 Å². The maximum Gasteiger partial charge on any atom is 0.490 e. The maximum atomic E-state index is 13.5. The molecule has 29 heteroatoms. The standard InChI is InChI=1S/C22H22ClF3N8O2.3C2HF3O2/c1-33-17(15-12-34(9-7-28)32-18(15)22(24,25)26)11-30-19(33)21(36)31-13-4-5-14(16(23)10-13)20(35)29-8-3-2-6-27;3*3-2(4,5)1(6)7/h4-5,10-12H,2-3,6,8-9,27H2,1H3,(H,29,35)(H,31,36);3*(H,6,7). The third-order valence-corrected chi connectivity index (χ3v) is 6.16. The summed E-state index contributed by atoms with van der Waals surface area (Å²) in [6.45, 7) is 0.589. The average Bonchev–Trinajstić information content (AvgIpc) is 3.66. The second-order valence-electron chi connectivity index (χ2n) is 10.1. The predicted molar refractivity (Wildman–Crippen MR) is 166 cm³/mol. The highest BCUT2D eigenvalue weighted by atomic mass is 35.5. The molecule has 0 aliphatic heterocycles. The minimum atomic E-state index is -5.08. The Morgan fingerprint density at radius 2 is 1.35 bits per heavy atom. The molecular formula is C28H25ClF12N8O8. The molecule has 2 amide bonds. The first kappa shape index (κ1) is 50.9. The summed E-state index contributed by atoms with van der Waals surface area (Å²) in [5.74, 6) is -9.53. The second-order valence-corrected chi connectivity index (χ2v) is 10.5. The number of carboxylic acid groups (broad SMARTS) is 3. The first-order valence-corrected chi connectivity index (χ1v) is 14.8. The van der Waals surface area contributed by atoms with Crippen LogP contribution in [-0.2, 0) is 34.2 Å². The molecule has 316 valence electrons. The van der Waals surface area contributed by atoms with Gasteiger partial charge in [-0.3, -0.25) is 14.3 Å². The van der Waals surface area contributed by atoms with Crippen LogP contribution in [0.15, 0.2) is 30.6 Å². The van der Waals surface area contributed by atoms with E-state index in [1.54, 1.807) is 6.07 Å². The maximum absolute atomic E-state index is 13.5. The zero-order chi connectivity index (χ0) is 44.7. The summed E-state index contributed by atoms with van der Waals surface area (Å²) in [4.78, 5) is 55.7. The number of amides is 2. The quantitative estimate of drug-likeness (QED) is 0.121. The number of hydrogen-bond acceptors (Lipinski definition) is 9. The van der Waals surface area contributed by atoms with Crippen molar-refractivity contribution < 1.29 is 92.0 Å². The first-order valence-electron chi connectivity index (χ1n) is 14.4. The smallest absolute Gasteiger partial charge is 0.475 e. The number of imidazole rings is 1. The normalized spacial score (nSPS) is 11.3. The Bertz CT molecular complexity index is 1860. The highest BCUT2D eigenvalue weighted by Crippen LogP contribution is 2.36. The molecule has 2 heterocycles. The average molecular weight is 865 g/mol. The summed E-state index contributed by atoms with van der Waals surface area (Å²) >= 11 is 6.21. The monoisotopic (exact) mass is 864 g/mol. The van der Waals surface area contributed by atoms with Crippen LogP contribution in [0.1, 0.15) is 39.5 Å². The summed E-state index contributed by atoms with van der Waals surface area (Å²) in [5.41, 5.74) is 4.36. The molecule has 16 nitrogen and oxygen atoms in total. The number of carbonyl (C=O) groups excluding carboxylic acids is 2. The molecular weight excluding hydrogens is 840 g/mol. The number of rotatable bonds is 9. The van der Waals surface area contributed by atoms with Gasteiger partial charge in [0, 0.05) is 25.5 Å². The molecule has 57 heavy (non-hydrogen) atoms. The SMILES string of the molecule is Cn1c(-c2cn(CC#N)nc2C(F)(F)F)cnc1C(=O)Nc1ccc(C(=O)NCCCCN)c(Cl)c1.O=C(O)C(F)(F)F.O=C(O)C(F)(F)F.O=C(O)C(F)(F)F. The zero-order valence-electron chi connectivity index (χ0n) is 28.0. The molecule has 3 aromatic rings. The number of carbonyl (C=O) groups is 5. The van der Waals surface area contributed by atoms with Crippen molar-refractivity contribution >= 4 is 47.0 Å². The van der Waals surface area contributed by atoms with Gasteiger partial charge in [-0.25, -0.2) is 19.4 Å². The van der Waals surface area contributed by atoms with Crippen molar-refractivity contribution in [2.75, 3.05) is 18.4 Å². The van der Waals surface area contributed by atoms with E-state index in [4.69, 9.17) is 52.3 Å². The Kier molecular flexibility index (Phi) is 19.0. The van der Waals surface area contributed by atoms with Gasteiger partial charge in [-0.2, -0.15) is 63.0 Å². The molecule has 0 radical (unpaired) electrons. The van der Waals surface area contributed by atoms with Crippen LogP contribution in [0.4, 0.5) is 58.4 Å². The number of alkyl halides is 12. The third kappa shape index (κ3) is 17.5. The first-order chi connectivity index (χ1) is 25.9. The van der Waals surface area contributed by atoms with Crippen molar-refractivity contribution in [1.29, 1.82) is 5.26 Å². The number of nitriles is 1. The van der Waals surface area contributed by atoms with Crippen LogP contribution >= 0.6 is 11.6 Å². The van der Waals surface area contributed by atoms with Crippen molar-refractivity contribution in [3.63, 3.8) is 0 Å². The lowest BCUT2D eigenvalue weighted by molar-refractivity contribution is -0.193. The molecule has 0 unspecified atom stereocenters. The molecule has 7 N–H and O–H groups in total. The van der Waals surface area contributed by atoms with Crippen molar-refractivity contribution in [3.8, 4) is 17.3 Å². The van der Waals surface area contributed by atoms with Crippen LogP contribution in [0.5, 0.6) is 0 Å². The van der Waals surface area contributed by atoms with Crippen LogP contribution in [-0.4, -0.2) is 96.0 Å². The molecule has 0 spiro atoms. The van der Waals surface area contributed by atoms with E-state index in [1.165, 1.54) is 29.8 Å². The predicted octanol–water partition coefficient (Wildman–Crippen LogP) is 5.10. The van der Waals surface area contributed by atoms with E-state index in [1.807, 2.05) is 0 Å². The number of aliphatic carboxylic acids is 3. The Hall–Kier alpha value is -6.11. The minimum Gasteiger partial charge on any atom is -0.475 e. The van der Waals surface area contributed by atoms with Gasteiger partial charge in [-0.05, 0) is 37.6 Å². The molecule has 0 aliphatic carbocycles. The van der Waals surface area contributed by atoms with Crippen molar-refractivity contribution in [2.45, 2.75) is 44.1 Å². The van der Waals surface area contributed by atoms with Gasteiger partial charge in [0.2, 0.25) is 0 Å². The highest BCUT2D eigenvalue weighted by Gasteiger charge is 2.40. The summed E-state index contributed by atoms with van der Waals surface area (Å²) < 4.78 is 138. The summed E-state index contributed by atoms with van der Waals surface area (Å²) in [7, 11) is 1.38. The lowest BCUT2D eigenvalue weighted by atomic mass is 10.2. The van der Waals surface area contributed by atoms with Gasteiger partial charge in [0.25, 0.3) is 11.8 Å². The molecule has 1 aromatic carbocycles. The zero-order valence-corrected chi connectivity index (χ0v) is 28.8. The van der Waals surface area contributed by atoms with Crippen LogP contribution in [0.3, 0.4) is 0 Å². The lowest BCUT2D eigenvalue weighted by Crippen LogP contribution is -2.25. The fourth-order valence-corrected chi connectivity index (χ4v) is 3.64. The number of halogens is 13. The largest absolute Gasteiger partial charge is 0.490 e. The second kappa shape index (κ2) is 21.3. The summed E-state index contributed by atoms with van der Waals surface area (Å²) in [5, 5.41) is 39.0. The summed E-state index contributed by atoms with van der Waals surface area (Å²) in [6, 6.07) is 6.02. The molecule has 3 rings (SSSR count). The van der Waals surface area contributed by atoms with Crippen molar-refractivity contribution in [2.24, 2.45) is 12.8 Å². The fourth-order valence-electron chi connectivity index (χ4n) is 3.37. The van der Waals surface area contributed by atoms with Gasteiger partial charge in [0.15, 0.2) is 11.5 Å². The van der Waals surface area contributed by atoms with E-state index in [2.05, 4.69) is 20.7 Å². The van der Waals surface area contributed by atoms with Crippen molar-refractivity contribution in [1.82, 2.24) is 24.6 Å². The number of nitrogens with zero attached hydrogens (tertiary/aromatic N) is 5. The van der Waals surface area contributed by atoms with Crippen LogP contribution in [0, 0.1) is 11.3 Å². The van der Waals surface area contributed by atoms with Crippen LogP contribution in [0.2, 0.25) is 5.02 Å². The van der Waals surface area contributed by atoms with E-state index < -0.39 is 54.2 Å². The summed E-state index contributed by atoms with van der Waals surface area (Å²) in [6.07, 6.45) is -16.3. The molecule has 0 aliphatic rings. The number of carboxylic acids is 3. The number of hydrogen-bond donors (Lipinski definition) is 6. The molecule has 2 aromatic heterocycles. The van der Waals surface area contributed by atoms with E-state index in [0.29, 0.717) is 13.1 Å². The number of nitrogens with one attached hydrogen (secondary N) is 2. The molecule has 0 fully saturated rings. The Morgan fingerprint density at radius 1 is 0.860 bits per heavy atom. The van der Waals surface area contributed by atoms with Gasteiger partial charge in [-0.15, -0.1) is 0 Å². The third-order valence-electron chi connectivity index (χ3n) is 5.85. The van der Waals surface area contributed by atoms with Gasteiger partial charge in [-0.1, -0.05) is 11.6 Å². The van der Waals surface area contributed by atoms with E-state index in [0.717, 1.165) is 29.9 Å². The molecule has 0 atom stereocenters.